The van der Waals surface area contributed by atoms with Gasteiger partial charge in [-0.1, -0.05) is 47.5 Å². The van der Waals surface area contributed by atoms with E-state index in [1.165, 1.54) is 0 Å². The molecule has 0 aromatic heterocycles. The van der Waals surface area contributed by atoms with Crippen molar-refractivity contribution < 1.29 is 14.7 Å². The van der Waals surface area contributed by atoms with E-state index in [4.69, 9.17) is 0 Å². The van der Waals surface area contributed by atoms with Gasteiger partial charge in [-0.15, -0.1) is 0 Å². The fraction of sp³-hybridized carbons (Fsp3) is 0.300. The zero-order chi connectivity index (χ0) is 18.2. The molecule has 0 saturated heterocycles. The van der Waals surface area contributed by atoms with E-state index in [1.54, 1.807) is 12.1 Å². The maximum absolute atomic E-state index is 12.2. The molecule has 0 bridgehead atoms. The van der Waals surface area contributed by atoms with Crippen molar-refractivity contribution in [2.45, 2.75) is 32.7 Å². The molecule has 2 rings (SSSR count). The summed E-state index contributed by atoms with van der Waals surface area (Å²) in [6, 6.07) is 14.8. The van der Waals surface area contributed by atoms with Gasteiger partial charge in [-0.05, 0) is 38.0 Å². The lowest BCUT2D eigenvalue weighted by atomic mass is 10.0. The third-order valence-corrected chi connectivity index (χ3v) is 3.89. The molecule has 5 nitrogen and oxygen atoms in total. The SMILES string of the molecule is Cc1ccc(NC(=O)CC(=O)N[C@H](CCO)c2ccc(C)cc2)cc1. The highest BCUT2D eigenvalue weighted by Gasteiger charge is 2.16. The summed E-state index contributed by atoms with van der Waals surface area (Å²) < 4.78 is 0. The molecule has 5 heteroatoms. The summed E-state index contributed by atoms with van der Waals surface area (Å²) in [5.74, 6) is -0.739. The van der Waals surface area contributed by atoms with Gasteiger partial charge in [0.05, 0.1) is 6.04 Å². The summed E-state index contributed by atoms with van der Waals surface area (Å²) in [4.78, 5) is 24.2. The van der Waals surface area contributed by atoms with Crippen LogP contribution in [-0.2, 0) is 9.59 Å². The van der Waals surface area contributed by atoms with Gasteiger partial charge in [0, 0.05) is 12.3 Å². The summed E-state index contributed by atoms with van der Waals surface area (Å²) in [5, 5.41) is 14.8. The number of rotatable bonds is 7. The topological polar surface area (TPSA) is 78.4 Å². The quantitative estimate of drug-likeness (QED) is 0.678. The third-order valence-electron chi connectivity index (χ3n) is 3.89. The van der Waals surface area contributed by atoms with Gasteiger partial charge >= 0.3 is 0 Å². The zero-order valence-electron chi connectivity index (χ0n) is 14.6. The Balaban J connectivity index is 1.92. The highest BCUT2D eigenvalue weighted by molar-refractivity contribution is 6.03. The molecule has 2 aromatic rings. The summed E-state index contributed by atoms with van der Waals surface area (Å²) in [6.07, 6.45) is 0.135. The standard InChI is InChI=1S/C20H24N2O3/c1-14-3-7-16(8-4-14)18(11-12-23)22-20(25)13-19(24)21-17-9-5-15(2)6-10-17/h3-10,18,23H,11-13H2,1-2H3,(H,21,24)(H,22,25)/t18-/m1/s1. The lowest BCUT2D eigenvalue weighted by Crippen LogP contribution is -2.32. The maximum atomic E-state index is 12.2. The van der Waals surface area contributed by atoms with Crippen LogP contribution in [0, 0.1) is 13.8 Å². The molecule has 0 spiro atoms. The lowest BCUT2D eigenvalue weighted by Gasteiger charge is -2.18. The van der Waals surface area contributed by atoms with E-state index in [2.05, 4.69) is 10.6 Å². The van der Waals surface area contributed by atoms with Crippen molar-refractivity contribution in [1.82, 2.24) is 5.32 Å². The monoisotopic (exact) mass is 340 g/mol. The summed E-state index contributed by atoms with van der Waals surface area (Å²) in [7, 11) is 0. The Bertz CT molecular complexity index is 709. The average Bonchev–Trinajstić information content (AvgIpc) is 2.57. The van der Waals surface area contributed by atoms with E-state index in [-0.39, 0.29) is 30.9 Å². The Morgan fingerprint density at radius 2 is 1.48 bits per heavy atom. The third kappa shape index (κ3) is 6.04. The molecule has 132 valence electrons. The smallest absolute Gasteiger partial charge is 0.233 e. The van der Waals surface area contributed by atoms with Gasteiger partial charge in [-0.2, -0.15) is 0 Å². The number of hydrogen-bond acceptors (Lipinski definition) is 3. The molecule has 1 atom stereocenters. The number of anilines is 1. The second-order valence-electron chi connectivity index (χ2n) is 6.13. The number of amides is 2. The van der Waals surface area contributed by atoms with Crippen molar-refractivity contribution in [3.8, 4) is 0 Å². The molecule has 0 radical (unpaired) electrons. The van der Waals surface area contributed by atoms with Crippen molar-refractivity contribution in [3.05, 3.63) is 65.2 Å². The zero-order valence-corrected chi connectivity index (χ0v) is 14.6. The molecule has 2 aromatic carbocycles. The van der Waals surface area contributed by atoms with Crippen molar-refractivity contribution in [2.24, 2.45) is 0 Å². The number of nitrogens with one attached hydrogen (secondary N) is 2. The first-order valence-electron chi connectivity index (χ1n) is 8.31. The lowest BCUT2D eigenvalue weighted by molar-refractivity contribution is -0.127. The molecule has 25 heavy (non-hydrogen) atoms. The predicted octanol–water partition coefficient (Wildman–Crippen LogP) is 2.87. The number of carbonyl (C=O) groups is 2. The van der Waals surface area contributed by atoms with Crippen LogP contribution >= 0.6 is 0 Å². The Labute approximate surface area is 148 Å². The Morgan fingerprint density at radius 3 is 2.04 bits per heavy atom. The van der Waals surface area contributed by atoms with E-state index in [0.717, 1.165) is 16.7 Å². The maximum Gasteiger partial charge on any atom is 0.233 e. The number of benzene rings is 2. The van der Waals surface area contributed by atoms with Gasteiger partial charge < -0.3 is 15.7 Å². The minimum atomic E-state index is -0.372. The first-order chi connectivity index (χ1) is 12.0. The summed E-state index contributed by atoms with van der Waals surface area (Å²) in [6.45, 7) is 3.90. The minimum absolute atomic E-state index is 0.0472. The molecule has 0 aliphatic heterocycles. The van der Waals surface area contributed by atoms with Crippen LogP contribution in [0.1, 0.15) is 35.6 Å². The molecule has 0 heterocycles. The largest absolute Gasteiger partial charge is 0.396 e. The van der Waals surface area contributed by atoms with Crippen molar-refractivity contribution >= 4 is 17.5 Å². The Hall–Kier alpha value is -2.66. The first-order valence-corrected chi connectivity index (χ1v) is 8.31. The van der Waals surface area contributed by atoms with E-state index in [9.17, 15) is 14.7 Å². The van der Waals surface area contributed by atoms with Crippen LogP contribution in [0.3, 0.4) is 0 Å². The fourth-order valence-electron chi connectivity index (χ4n) is 2.48. The normalized spacial score (nSPS) is 11.6. The second-order valence-corrected chi connectivity index (χ2v) is 6.13. The highest BCUT2D eigenvalue weighted by Crippen LogP contribution is 2.17. The highest BCUT2D eigenvalue weighted by atomic mass is 16.3. The number of aliphatic hydroxyl groups is 1. The fourth-order valence-corrected chi connectivity index (χ4v) is 2.48. The predicted molar refractivity (Wildman–Crippen MR) is 98.2 cm³/mol. The minimum Gasteiger partial charge on any atom is -0.396 e. The number of carbonyl (C=O) groups excluding carboxylic acids is 2. The van der Waals surface area contributed by atoms with E-state index in [0.29, 0.717) is 12.1 Å². The molecule has 3 N–H and O–H groups in total. The molecule has 2 amide bonds. The molecular formula is C20H24N2O3. The second kappa shape index (κ2) is 8.99. The Morgan fingerprint density at radius 1 is 0.920 bits per heavy atom. The number of aryl methyl sites for hydroxylation is 2. The Kier molecular flexibility index (Phi) is 6.71. The van der Waals surface area contributed by atoms with Crippen LogP contribution in [0.2, 0.25) is 0 Å². The van der Waals surface area contributed by atoms with Gasteiger partial charge in [0.1, 0.15) is 6.42 Å². The molecule has 0 aliphatic carbocycles. The van der Waals surface area contributed by atoms with E-state index in [1.807, 2.05) is 50.2 Å². The molecule has 0 fully saturated rings. The first kappa shape index (κ1) is 18.7. The average molecular weight is 340 g/mol. The van der Waals surface area contributed by atoms with E-state index < -0.39 is 0 Å². The van der Waals surface area contributed by atoms with Gasteiger partial charge in [0.25, 0.3) is 0 Å². The summed E-state index contributed by atoms with van der Waals surface area (Å²) >= 11 is 0. The van der Waals surface area contributed by atoms with Gasteiger partial charge in [0.15, 0.2) is 0 Å². The molecule has 0 saturated carbocycles. The number of hydrogen-bond donors (Lipinski definition) is 3. The van der Waals surface area contributed by atoms with Crippen LogP contribution in [0.5, 0.6) is 0 Å². The van der Waals surface area contributed by atoms with Crippen LogP contribution < -0.4 is 10.6 Å². The van der Waals surface area contributed by atoms with Crippen LogP contribution in [0.15, 0.2) is 48.5 Å². The van der Waals surface area contributed by atoms with Crippen LogP contribution in [0.25, 0.3) is 0 Å². The van der Waals surface area contributed by atoms with Crippen molar-refractivity contribution in [1.29, 1.82) is 0 Å². The van der Waals surface area contributed by atoms with Crippen molar-refractivity contribution in [3.63, 3.8) is 0 Å². The van der Waals surface area contributed by atoms with E-state index >= 15 is 0 Å². The molecule has 0 unspecified atom stereocenters. The molecular weight excluding hydrogens is 316 g/mol. The van der Waals surface area contributed by atoms with Crippen LogP contribution in [0.4, 0.5) is 5.69 Å². The molecule has 0 aliphatic rings. The van der Waals surface area contributed by atoms with Crippen LogP contribution in [-0.4, -0.2) is 23.5 Å². The van der Waals surface area contributed by atoms with Crippen molar-refractivity contribution in [2.75, 3.05) is 11.9 Å². The van der Waals surface area contributed by atoms with Gasteiger partial charge in [-0.3, -0.25) is 9.59 Å². The number of aliphatic hydroxyl groups excluding tert-OH is 1. The van der Waals surface area contributed by atoms with Gasteiger partial charge in [-0.25, -0.2) is 0 Å². The summed E-state index contributed by atoms with van der Waals surface area (Å²) in [5.41, 5.74) is 3.79. The van der Waals surface area contributed by atoms with Gasteiger partial charge in [0.2, 0.25) is 11.8 Å².